The van der Waals surface area contributed by atoms with Crippen molar-refractivity contribution in [2.45, 2.75) is 6.54 Å². The Labute approximate surface area is 191 Å². The molecular formula is C25H23FN6O. The van der Waals surface area contributed by atoms with Crippen LogP contribution in [0.2, 0.25) is 0 Å². The molecule has 0 radical (unpaired) electrons. The third-order valence-corrected chi connectivity index (χ3v) is 5.70. The lowest BCUT2D eigenvalue weighted by Gasteiger charge is -2.35. The molecule has 0 N–H and O–H groups in total. The van der Waals surface area contributed by atoms with Crippen LogP contribution in [-0.4, -0.2) is 56.7 Å². The highest BCUT2D eigenvalue weighted by molar-refractivity contribution is 5.77. The van der Waals surface area contributed by atoms with Gasteiger partial charge in [-0.3, -0.25) is 4.79 Å². The van der Waals surface area contributed by atoms with Gasteiger partial charge >= 0.3 is 0 Å². The Morgan fingerprint density at radius 3 is 2.27 bits per heavy atom. The molecule has 1 saturated heterocycles. The van der Waals surface area contributed by atoms with Gasteiger partial charge in [0.05, 0.1) is 0 Å². The third-order valence-electron chi connectivity index (χ3n) is 5.70. The summed E-state index contributed by atoms with van der Waals surface area (Å²) in [5.41, 5.74) is 1.56. The molecule has 8 heteroatoms. The minimum absolute atomic E-state index is 0.0107. The highest BCUT2D eigenvalue weighted by Crippen LogP contribution is 2.23. The molecule has 0 saturated carbocycles. The van der Waals surface area contributed by atoms with Gasteiger partial charge < -0.3 is 9.80 Å². The fourth-order valence-corrected chi connectivity index (χ4v) is 3.93. The van der Waals surface area contributed by atoms with Crippen LogP contribution in [-0.2, 0) is 11.3 Å². The van der Waals surface area contributed by atoms with E-state index in [4.69, 9.17) is 0 Å². The van der Waals surface area contributed by atoms with Gasteiger partial charge in [0.25, 0.3) is 0 Å². The van der Waals surface area contributed by atoms with E-state index < -0.39 is 0 Å². The van der Waals surface area contributed by atoms with Gasteiger partial charge in [0.15, 0.2) is 11.6 Å². The summed E-state index contributed by atoms with van der Waals surface area (Å²) in [5, 5.41) is 4.60. The molecule has 2 aromatic heterocycles. The van der Waals surface area contributed by atoms with Crippen molar-refractivity contribution in [1.29, 1.82) is 0 Å². The number of anilines is 1. The summed E-state index contributed by atoms with van der Waals surface area (Å²) in [6, 6.07) is 21.5. The monoisotopic (exact) mass is 442 g/mol. The molecule has 3 heterocycles. The molecular weight excluding hydrogens is 419 g/mol. The standard InChI is InChI=1S/C25H23FN6O/c26-21-11-9-19(10-12-21)24-28-25(20-6-2-1-3-7-20)32(29-24)18-23(33)31-16-14-30(15-17-31)22-8-4-5-13-27-22/h1-13H,14-18H2. The lowest BCUT2D eigenvalue weighted by Crippen LogP contribution is -2.49. The normalized spacial score (nSPS) is 13.8. The quantitative estimate of drug-likeness (QED) is 0.473. The smallest absolute Gasteiger partial charge is 0.244 e. The average molecular weight is 442 g/mol. The first kappa shape index (κ1) is 20.8. The first-order chi connectivity index (χ1) is 16.2. The summed E-state index contributed by atoms with van der Waals surface area (Å²) in [4.78, 5) is 26.2. The average Bonchev–Trinajstić information content (AvgIpc) is 3.29. The van der Waals surface area contributed by atoms with Crippen LogP contribution in [0.15, 0.2) is 79.0 Å². The SMILES string of the molecule is O=C(Cn1nc(-c2ccc(F)cc2)nc1-c1ccccc1)N1CCN(c2ccccn2)CC1. The topological polar surface area (TPSA) is 67.2 Å². The maximum absolute atomic E-state index is 13.4. The van der Waals surface area contributed by atoms with Crippen molar-refractivity contribution >= 4 is 11.7 Å². The van der Waals surface area contributed by atoms with Crippen molar-refractivity contribution in [2.24, 2.45) is 0 Å². The lowest BCUT2D eigenvalue weighted by atomic mass is 10.2. The summed E-state index contributed by atoms with van der Waals surface area (Å²) in [6.45, 7) is 2.78. The number of aromatic nitrogens is 4. The molecule has 0 unspecified atom stereocenters. The first-order valence-corrected chi connectivity index (χ1v) is 10.9. The zero-order chi connectivity index (χ0) is 22.6. The number of nitrogens with zero attached hydrogens (tertiary/aromatic N) is 6. The van der Waals surface area contributed by atoms with Gasteiger partial charge in [-0.1, -0.05) is 36.4 Å². The van der Waals surface area contributed by atoms with Crippen LogP contribution < -0.4 is 4.90 Å². The predicted molar refractivity (Wildman–Crippen MR) is 124 cm³/mol. The Balaban J connectivity index is 1.35. The lowest BCUT2D eigenvalue weighted by molar-refractivity contribution is -0.132. The second-order valence-electron chi connectivity index (χ2n) is 7.85. The number of halogens is 1. The van der Waals surface area contributed by atoms with Gasteiger partial charge in [-0.05, 0) is 36.4 Å². The molecule has 1 fully saturated rings. The van der Waals surface area contributed by atoms with E-state index in [1.807, 2.05) is 53.4 Å². The van der Waals surface area contributed by atoms with Crippen LogP contribution in [0.4, 0.5) is 10.2 Å². The maximum atomic E-state index is 13.4. The van der Waals surface area contributed by atoms with Crippen LogP contribution >= 0.6 is 0 Å². The molecule has 0 atom stereocenters. The van der Waals surface area contributed by atoms with Gasteiger partial charge in [-0.25, -0.2) is 19.0 Å². The Hall–Kier alpha value is -4.07. The van der Waals surface area contributed by atoms with Crippen LogP contribution in [0.5, 0.6) is 0 Å². The van der Waals surface area contributed by atoms with Crippen LogP contribution in [0.3, 0.4) is 0 Å². The molecule has 1 amide bonds. The number of piperazine rings is 1. The van der Waals surface area contributed by atoms with E-state index in [2.05, 4.69) is 20.0 Å². The number of hydrogen-bond donors (Lipinski definition) is 0. The number of pyridine rings is 1. The van der Waals surface area contributed by atoms with Gasteiger partial charge in [-0.2, -0.15) is 0 Å². The van der Waals surface area contributed by atoms with Crippen molar-refractivity contribution in [3.8, 4) is 22.8 Å². The number of hydrogen-bond acceptors (Lipinski definition) is 5. The zero-order valence-electron chi connectivity index (χ0n) is 18.0. The van der Waals surface area contributed by atoms with Gasteiger partial charge in [0, 0.05) is 43.5 Å². The number of benzene rings is 2. The highest BCUT2D eigenvalue weighted by atomic mass is 19.1. The number of carbonyl (C=O) groups excluding carboxylic acids is 1. The molecule has 5 rings (SSSR count). The molecule has 7 nitrogen and oxygen atoms in total. The van der Waals surface area contributed by atoms with E-state index in [9.17, 15) is 9.18 Å². The van der Waals surface area contributed by atoms with E-state index in [0.29, 0.717) is 30.3 Å². The second-order valence-corrected chi connectivity index (χ2v) is 7.85. The first-order valence-electron chi connectivity index (χ1n) is 10.9. The molecule has 4 aromatic rings. The molecule has 0 spiro atoms. The summed E-state index contributed by atoms with van der Waals surface area (Å²) in [5.74, 6) is 1.66. The Morgan fingerprint density at radius 1 is 0.848 bits per heavy atom. The molecule has 33 heavy (non-hydrogen) atoms. The number of rotatable bonds is 5. The van der Waals surface area contributed by atoms with E-state index in [0.717, 1.165) is 24.5 Å². The Kier molecular flexibility index (Phi) is 5.80. The van der Waals surface area contributed by atoms with E-state index in [1.165, 1.54) is 12.1 Å². The predicted octanol–water partition coefficient (Wildman–Crippen LogP) is 3.50. The van der Waals surface area contributed by atoms with Crippen molar-refractivity contribution in [3.63, 3.8) is 0 Å². The number of carbonyl (C=O) groups is 1. The van der Waals surface area contributed by atoms with E-state index >= 15 is 0 Å². The number of amides is 1. The summed E-state index contributed by atoms with van der Waals surface area (Å²) >= 11 is 0. The molecule has 1 aliphatic rings. The molecule has 1 aliphatic heterocycles. The van der Waals surface area contributed by atoms with E-state index in [1.54, 1.807) is 23.0 Å². The summed E-state index contributed by atoms with van der Waals surface area (Å²) in [7, 11) is 0. The zero-order valence-corrected chi connectivity index (χ0v) is 18.0. The van der Waals surface area contributed by atoms with Crippen LogP contribution in [0.25, 0.3) is 22.8 Å². The van der Waals surface area contributed by atoms with Crippen molar-refractivity contribution in [1.82, 2.24) is 24.6 Å². The fourth-order valence-electron chi connectivity index (χ4n) is 3.93. The third kappa shape index (κ3) is 4.59. The van der Waals surface area contributed by atoms with Crippen LogP contribution in [0, 0.1) is 5.82 Å². The van der Waals surface area contributed by atoms with E-state index in [-0.39, 0.29) is 18.3 Å². The summed E-state index contributed by atoms with van der Waals surface area (Å²) < 4.78 is 15.0. The highest BCUT2D eigenvalue weighted by Gasteiger charge is 2.24. The Bertz CT molecular complexity index is 1220. The van der Waals surface area contributed by atoms with Crippen LogP contribution in [0.1, 0.15) is 0 Å². The second kappa shape index (κ2) is 9.20. The maximum Gasteiger partial charge on any atom is 0.244 e. The summed E-state index contributed by atoms with van der Waals surface area (Å²) in [6.07, 6.45) is 1.78. The largest absolute Gasteiger partial charge is 0.353 e. The minimum atomic E-state index is -0.318. The molecule has 2 aromatic carbocycles. The molecule has 0 bridgehead atoms. The van der Waals surface area contributed by atoms with Gasteiger partial charge in [-0.15, -0.1) is 5.10 Å². The van der Waals surface area contributed by atoms with Gasteiger partial charge in [0.2, 0.25) is 5.91 Å². The minimum Gasteiger partial charge on any atom is -0.353 e. The molecule has 0 aliphatic carbocycles. The van der Waals surface area contributed by atoms with Crippen molar-refractivity contribution in [3.05, 3.63) is 84.8 Å². The van der Waals surface area contributed by atoms with Crippen molar-refractivity contribution < 1.29 is 9.18 Å². The fraction of sp³-hybridized carbons (Fsp3) is 0.200. The Morgan fingerprint density at radius 2 is 1.58 bits per heavy atom. The van der Waals surface area contributed by atoms with Crippen molar-refractivity contribution in [2.75, 3.05) is 31.1 Å². The van der Waals surface area contributed by atoms with Gasteiger partial charge in [0.1, 0.15) is 18.2 Å². The molecule has 166 valence electrons.